The molecule has 3 heteroatoms. The maximum Gasteiger partial charge on any atom is 0.236 e. The van der Waals surface area contributed by atoms with Gasteiger partial charge < -0.3 is 5.32 Å². The molecule has 0 aliphatic carbocycles. The largest absolute Gasteiger partial charge is 0.353 e. The van der Waals surface area contributed by atoms with Crippen molar-refractivity contribution >= 4 is 5.91 Å². The van der Waals surface area contributed by atoms with Crippen molar-refractivity contribution in [2.75, 3.05) is 6.54 Å². The van der Waals surface area contributed by atoms with Crippen LogP contribution in [0.5, 0.6) is 0 Å². The van der Waals surface area contributed by atoms with E-state index in [-0.39, 0.29) is 18.0 Å². The van der Waals surface area contributed by atoms with E-state index < -0.39 is 0 Å². The number of benzene rings is 1. The number of aryl methyl sites for hydroxylation is 2. The first-order valence-electron chi connectivity index (χ1n) is 5.68. The Morgan fingerprint density at radius 2 is 1.81 bits per heavy atom. The van der Waals surface area contributed by atoms with Crippen molar-refractivity contribution in [3.63, 3.8) is 0 Å². The van der Waals surface area contributed by atoms with Crippen LogP contribution in [0.3, 0.4) is 0 Å². The van der Waals surface area contributed by atoms with E-state index in [1.807, 2.05) is 6.92 Å². The van der Waals surface area contributed by atoms with Crippen molar-refractivity contribution in [2.45, 2.75) is 32.9 Å². The first-order chi connectivity index (χ1) is 7.56. The summed E-state index contributed by atoms with van der Waals surface area (Å²) in [5, 5.41) is 6.24. The predicted molar refractivity (Wildman–Crippen MR) is 64.3 cm³/mol. The van der Waals surface area contributed by atoms with Crippen LogP contribution in [0.2, 0.25) is 0 Å². The maximum absolute atomic E-state index is 11.3. The second-order valence-electron chi connectivity index (χ2n) is 4.61. The van der Waals surface area contributed by atoms with E-state index >= 15 is 0 Å². The minimum absolute atomic E-state index is 0.0839. The normalized spacial score (nSPS) is 25.3. The van der Waals surface area contributed by atoms with Crippen LogP contribution in [0, 0.1) is 13.8 Å². The summed E-state index contributed by atoms with van der Waals surface area (Å²) in [4.78, 5) is 11.3. The number of hydrogen-bond donors (Lipinski definition) is 2. The van der Waals surface area contributed by atoms with Crippen LogP contribution in [0.1, 0.15) is 29.7 Å². The van der Waals surface area contributed by atoms with E-state index in [1.165, 1.54) is 16.7 Å². The van der Waals surface area contributed by atoms with Crippen molar-refractivity contribution in [3.05, 3.63) is 34.9 Å². The Balaban J connectivity index is 2.21. The number of piperazine rings is 1. The number of carbonyl (C=O) groups excluding carboxylic acids is 1. The fourth-order valence-corrected chi connectivity index (χ4v) is 2.22. The van der Waals surface area contributed by atoms with Gasteiger partial charge in [0.25, 0.3) is 0 Å². The smallest absolute Gasteiger partial charge is 0.236 e. The van der Waals surface area contributed by atoms with Crippen LogP contribution in [0.25, 0.3) is 0 Å². The lowest BCUT2D eigenvalue weighted by molar-refractivity contribution is -0.124. The molecule has 1 fully saturated rings. The van der Waals surface area contributed by atoms with Crippen LogP contribution in [-0.2, 0) is 4.79 Å². The van der Waals surface area contributed by atoms with Crippen LogP contribution < -0.4 is 10.6 Å². The fraction of sp³-hybridized carbons (Fsp3) is 0.462. The lowest BCUT2D eigenvalue weighted by Gasteiger charge is -2.29. The van der Waals surface area contributed by atoms with Gasteiger partial charge in [-0.05, 0) is 26.3 Å². The highest BCUT2D eigenvalue weighted by Crippen LogP contribution is 2.18. The molecular weight excluding hydrogens is 200 g/mol. The molecule has 1 amide bonds. The second-order valence-corrected chi connectivity index (χ2v) is 4.61. The molecule has 1 aromatic rings. The number of hydrogen-bond acceptors (Lipinski definition) is 2. The van der Waals surface area contributed by atoms with Gasteiger partial charge >= 0.3 is 0 Å². The summed E-state index contributed by atoms with van der Waals surface area (Å²) in [6.45, 7) is 6.76. The summed E-state index contributed by atoms with van der Waals surface area (Å²) in [5.74, 6) is 0.0839. The molecule has 86 valence electrons. The molecule has 0 bridgehead atoms. The molecule has 2 N–H and O–H groups in total. The molecule has 1 saturated heterocycles. The average Bonchev–Trinajstić information content (AvgIpc) is 2.20. The van der Waals surface area contributed by atoms with Crippen molar-refractivity contribution in [1.29, 1.82) is 0 Å². The molecule has 2 unspecified atom stereocenters. The fourth-order valence-electron chi connectivity index (χ4n) is 2.22. The third-order valence-electron chi connectivity index (χ3n) is 2.97. The highest BCUT2D eigenvalue weighted by atomic mass is 16.2. The zero-order valence-corrected chi connectivity index (χ0v) is 10.0. The Hall–Kier alpha value is -1.35. The summed E-state index contributed by atoms with van der Waals surface area (Å²) < 4.78 is 0. The summed E-state index contributed by atoms with van der Waals surface area (Å²) >= 11 is 0. The van der Waals surface area contributed by atoms with E-state index in [9.17, 15) is 4.79 Å². The Labute approximate surface area is 96.2 Å². The number of amides is 1. The van der Waals surface area contributed by atoms with E-state index in [0.717, 1.165) is 0 Å². The highest BCUT2D eigenvalue weighted by molar-refractivity contribution is 5.82. The van der Waals surface area contributed by atoms with Gasteiger partial charge in [0.15, 0.2) is 0 Å². The summed E-state index contributed by atoms with van der Waals surface area (Å²) in [7, 11) is 0. The van der Waals surface area contributed by atoms with Gasteiger partial charge in [-0.3, -0.25) is 10.1 Å². The van der Waals surface area contributed by atoms with Crippen molar-refractivity contribution in [2.24, 2.45) is 0 Å². The third-order valence-corrected chi connectivity index (χ3v) is 2.97. The second kappa shape index (κ2) is 4.26. The molecule has 1 aromatic carbocycles. The minimum Gasteiger partial charge on any atom is -0.353 e. The SMILES string of the molecule is Cc1cc(C)cc(C2CNC(=O)C(C)N2)c1. The molecule has 1 aliphatic rings. The minimum atomic E-state index is -0.112. The van der Waals surface area contributed by atoms with Gasteiger partial charge in [0.05, 0.1) is 12.1 Å². The lowest BCUT2D eigenvalue weighted by Crippen LogP contribution is -2.52. The molecule has 0 radical (unpaired) electrons. The molecule has 0 saturated carbocycles. The van der Waals surface area contributed by atoms with E-state index in [2.05, 4.69) is 42.7 Å². The monoisotopic (exact) mass is 218 g/mol. The predicted octanol–water partition coefficient (Wildman–Crippen LogP) is 1.45. The Morgan fingerprint density at radius 3 is 2.38 bits per heavy atom. The van der Waals surface area contributed by atoms with Gasteiger partial charge in [0.2, 0.25) is 5.91 Å². The van der Waals surface area contributed by atoms with Gasteiger partial charge in [-0.25, -0.2) is 0 Å². The molecule has 0 spiro atoms. The Morgan fingerprint density at radius 1 is 1.19 bits per heavy atom. The van der Waals surface area contributed by atoms with Crippen molar-refractivity contribution in [1.82, 2.24) is 10.6 Å². The summed E-state index contributed by atoms with van der Waals surface area (Å²) in [6.07, 6.45) is 0. The van der Waals surface area contributed by atoms with Gasteiger partial charge in [-0.15, -0.1) is 0 Å². The van der Waals surface area contributed by atoms with E-state index in [4.69, 9.17) is 0 Å². The van der Waals surface area contributed by atoms with Crippen molar-refractivity contribution in [3.8, 4) is 0 Å². The molecule has 1 aliphatic heterocycles. The Bertz CT molecular complexity index is 394. The van der Waals surface area contributed by atoms with Gasteiger partial charge in [-0.2, -0.15) is 0 Å². The van der Waals surface area contributed by atoms with E-state index in [1.54, 1.807) is 0 Å². The molecule has 1 heterocycles. The quantitative estimate of drug-likeness (QED) is 0.749. The number of nitrogens with one attached hydrogen (secondary N) is 2. The first-order valence-corrected chi connectivity index (χ1v) is 5.68. The van der Waals surface area contributed by atoms with Crippen LogP contribution in [0.15, 0.2) is 18.2 Å². The molecule has 0 aromatic heterocycles. The summed E-state index contributed by atoms with van der Waals surface area (Å²) in [6, 6.07) is 6.63. The molecular formula is C13H18N2O. The third kappa shape index (κ3) is 2.25. The summed E-state index contributed by atoms with van der Waals surface area (Å²) in [5.41, 5.74) is 3.78. The van der Waals surface area contributed by atoms with Crippen LogP contribution in [-0.4, -0.2) is 18.5 Å². The van der Waals surface area contributed by atoms with Gasteiger partial charge in [0, 0.05) is 6.54 Å². The molecule has 16 heavy (non-hydrogen) atoms. The van der Waals surface area contributed by atoms with E-state index in [0.29, 0.717) is 6.54 Å². The standard InChI is InChI=1S/C13H18N2O/c1-8-4-9(2)6-11(5-8)12-7-14-13(16)10(3)15-12/h4-6,10,12,15H,7H2,1-3H3,(H,14,16). The number of carbonyl (C=O) groups is 1. The average molecular weight is 218 g/mol. The van der Waals surface area contributed by atoms with Crippen LogP contribution >= 0.6 is 0 Å². The highest BCUT2D eigenvalue weighted by Gasteiger charge is 2.24. The van der Waals surface area contributed by atoms with Crippen molar-refractivity contribution < 1.29 is 4.79 Å². The lowest BCUT2D eigenvalue weighted by atomic mass is 9.99. The van der Waals surface area contributed by atoms with Gasteiger partial charge in [-0.1, -0.05) is 29.3 Å². The molecule has 3 nitrogen and oxygen atoms in total. The number of rotatable bonds is 1. The zero-order valence-electron chi connectivity index (χ0n) is 10.0. The zero-order chi connectivity index (χ0) is 11.7. The van der Waals surface area contributed by atoms with Crippen LogP contribution in [0.4, 0.5) is 0 Å². The molecule has 2 rings (SSSR count). The maximum atomic E-state index is 11.3. The topological polar surface area (TPSA) is 41.1 Å². The first kappa shape index (κ1) is 11.1. The Kier molecular flexibility index (Phi) is 2.97. The molecule has 2 atom stereocenters. The van der Waals surface area contributed by atoms with Gasteiger partial charge in [0.1, 0.15) is 0 Å².